The number of hydrogen-bond donors (Lipinski definition) is 0. The van der Waals surface area contributed by atoms with E-state index in [2.05, 4.69) is 58.9 Å². The average molecular weight is 386 g/mol. The van der Waals surface area contributed by atoms with E-state index in [0.717, 1.165) is 59.0 Å². The van der Waals surface area contributed by atoms with E-state index in [1.54, 1.807) is 6.92 Å². The number of nitrogens with zero attached hydrogens (tertiary/aromatic N) is 3. The van der Waals surface area contributed by atoms with Gasteiger partial charge in [-0.2, -0.15) is 0 Å². The first kappa shape index (κ1) is 19.9. The summed E-state index contributed by atoms with van der Waals surface area (Å²) in [6.07, 6.45) is 0. The van der Waals surface area contributed by atoms with Crippen LogP contribution in [0.2, 0.25) is 0 Å². The van der Waals surface area contributed by atoms with Gasteiger partial charge in [0.15, 0.2) is 0 Å². The van der Waals surface area contributed by atoms with Gasteiger partial charge in [-0.1, -0.05) is 44.2 Å². The zero-order valence-electron chi connectivity index (χ0n) is 17.6. The van der Waals surface area contributed by atoms with Crippen LogP contribution in [0, 0.1) is 17.3 Å². The van der Waals surface area contributed by atoms with Crippen LogP contribution in [0.3, 0.4) is 0 Å². The number of amides is 1. The summed E-state index contributed by atoms with van der Waals surface area (Å²) in [6.45, 7) is 15.7. The number of fused-ring (bicyclic) bond motifs is 1. The fraction of sp³-hybridized carbons (Fsp3) is 0.696. The molecule has 1 amide bonds. The van der Waals surface area contributed by atoms with Crippen LogP contribution in [0.25, 0.3) is 0 Å². The second kappa shape index (κ2) is 8.13. The van der Waals surface area contributed by atoms with Crippen molar-refractivity contribution < 1.29 is 9.53 Å². The van der Waals surface area contributed by atoms with Gasteiger partial charge in [0.1, 0.15) is 0 Å². The van der Waals surface area contributed by atoms with Crippen LogP contribution >= 0.6 is 0 Å². The normalized spacial score (nSPS) is 29.2. The largest absolute Gasteiger partial charge is 0.379 e. The molecule has 1 aromatic rings. The van der Waals surface area contributed by atoms with Crippen LogP contribution < -0.4 is 0 Å². The van der Waals surface area contributed by atoms with Crippen LogP contribution in [-0.4, -0.2) is 79.6 Å². The maximum absolute atomic E-state index is 12.3. The molecule has 0 saturated carbocycles. The lowest BCUT2D eigenvalue weighted by atomic mass is 9.89. The lowest BCUT2D eigenvalue weighted by Gasteiger charge is -2.37. The van der Waals surface area contributed by atoms with Crippen LogP contribution in [0.5, 0.6) is 0 Å². The van der Waals surface area contributed by atoms with E-state index in [4.69, 9.17) is 4.74 Å². The third-order valence-corrected chi connectivity index (χ3v) is 6.69. The molecule has 3 aliphatic rings. The summed E-state index contributed by atoms with van der Waals surface area (Å²) in [5, 5.41) is 0. The smallest absolute Gasteiger partial charge is 0.219 e. The molecule has 3 aliphatic heterocycles. The highest BCUT2D eigenvalue weighted by Gasteiger charge is 2.48. The Labute approximate surface area is 169 Å². The SMILES string of the molecule is CC(=O)N1C[C@H]2CN(CC(C)(C)CN3CCOCC3)C[C@H]2[C@H]1c1ccccc1. The molecule has 3 atom stereocenters. The number of carbonyl (C=O) groups excluding carboxylic acids is 1. The topological polar surface area (TPSA) is 36.0 Å². The van der Waals surface area contributed by atoms with Crippen molar-refractivity contribution in [2.75, 3.05) is 59.0 Å². The minimum Gasteiger partial charge on any atom is -0.379 e. The quantitative estimate of drug-likeness (QED) is 0.780. The highest BCUT2D eigenvalue weighted by atomic mass is 16.5. The molecule has 0 unspecified atom stereocenters. The summed E-state index contributed by atoms with van der Waals surface area (Å²) in [5.74, 6) is 1.35. The van der Waals surface area contributed by atoms with Crippen LogP contribution in [0.15, 0.2) is 30.3 Å². The molecule has 0 radical (unpaired) electrons. The van der Waals surface area contributed by atoms with Gasteiger partial charge in [0.2, 0.25) is 5.91 Å². The van der Waals surface area contributed by atoms with Crippen LogP contribution in [0.4, 0.5) is 0 Å². The van der Waals surface area contributed by atoms with Gasteiger partial charge in [-0.3, -0.25) is 9.69 Å². The van der Waals surface area contributed by atoms with Crippen molar-refractivity contribution in [2.24, 2.45) is 17.3 Å². The highest BCUT2D eigenvalue weighted by Crippen LogP contribution is 2.45. The molecule has 3 saturated heterocycles. The van der Waals surface area contributed by atoms with Crippen molar-refractivity contribution >= 4 is 5.91 Å². The number of rotatable bonds is 5. The molecule has 3 fully saturated rings. The molecule has 0 spiro atoms. The Morgan fingerprint density at radius 3 is 2.39 bits per heavy atom. The zero-order valence-corrected chi connectivity index (χ0v) is 17.6. The van der Waals surface area contributed by atoms with E-state index in [1.165, 1.54) is 5.56 Å². The summed E-state index contributed by atoms with van der Waals surface area (Å²) in [7, 11) is 0. The molecule has 0 aromatic heterocycles. The third kappa shape index (κ3) is 4.27. The molecule has 154 valence electrons. The van der Waals surface area contributed by atoms with Crippen LogP contribution in [-0.2, 0) is 9.53 Å². The van der Waals surface area contributed by atoms with Gasteiger partial charge in [0.25, 0.3) is 0 Å². The molecule has 28 heavy (non-hydrogen) atoms. The molecule has 1 aromatic carbocycles. The maximum atomic E-state index is 12.3. The minimum atomic E-state index is 0.211. The van der Waals surface area contributed by atoms with Gasteiger partial charge in [-0.15, -0.1) is 0 Å². The van der Waals surface area contributed by atoms with E-state index in [-0.39, 0.29) is 17.4 Å². The van der Waals surface area contributed by atoms with E-state index < -0.39 is 0 Å². The minimum absolute atomic E-state index is 0.211. The van der Waals surface area contributed by atoms with Crippen molar-refractivity contribution in [1.29, 1.82) is 0 Å². The van der Waals surface area contributed by atoms with Crippen LogP contribution in [0.1, 0.15) is 32.4 Å². The van der Waals surface area contributed by atoms with Crippen molar-refractivity contribution in [1.82, 2.24) is 14.7 Å². The lowest BCUT2D eigenvalue weighted by Crippen LogP contribution is -2.46. The molecule has 3 heterocycles. The number of likely N-dealkylation sites (tertiary alicyclic amines) is 2. The first-order valence-electron chi connectivity index (χ1n) is 10.8. The predicted octanol–water partition coefficient (Wildman–Crippen LogP) is 2.50. The highest BCUT2D eigenvalue weighted by molar-refractivity contribution is 5.74. The fourth-order valence-corrected chi connectivity index (χ4v) is 5.69. The Morgan fingerprint density at radius 1 is 1.04 bits per heavy atom. The second-order valence-electron chi connectivity index (χ2n) is 9.70. The molecular formula is C23H35N3O2. The summed E-state index contributed by atoms with van der Waals surface area (Å²) >= 11 is 0. The number of carbonyl (C=O) groups is 1. The molecule has 0 N–H and O–H groups in total. The molecule has 5 nitrogen and oxygen atoms in total. The first-order valence-corrected chi connectivity index (χ1v) is 10.8. The molecular weight excluding hydrogens is 350 g/mol. The standard InChI is InChI=1S/C23H35N3O2/c1-18(27)26-14-20-13-25(15-21(20)22(26)19-7-5-4-6-8-19)17-23(2,3)16-24-9-11-28-12-10-24/h4-8,20-22H,9-17H2,1-3H3/t20-,21-,22-/m1/s1. The number of benzene rings is 1. The Bertz CT molecular complexity index is 672. The average Bonchev–Trinajstić information content (AvgIpc) is 3.19. The predicted molar refractivity (Wildman–Crippen MR) is 111 cm³/mol. The van der Waals surface area contributed by atoms with Crippen molar-refractivity contribution in [2.45, 2.75) is 26.8 Å². The number of ether oxygens (including phenoxy) is 1. The third-order valence-electron chi connectivity index (χ3n) is 6.69. The molecule has 0 aliphatic carbocycles. The number of hydrogen-bond acceptors (Lipinski definition) is 4. The maximum Gasteiger partial charge on any atom is 0.219 e. The molecule has 4 rings (SSSR count). The van der Waals surface area contributed by atoms with Gasteiger partial charge in [-0.05, 0) is 16.9 Å². The van der Waals surface area contributed by atoms with Gasteiger partial charge in [0, 0.05) is 58.7 Å². The monoisotopic (exact) mass is 385 g/mol. The zero-order chi connectivity index (χ0) is 19.7. The summed E-state index contributed by atoms with van der Waals surface area (Å²) < 4.78 is 5.50. The Kier molecular flexibility index (Phi) is 5.77. The van der Waals surface area contributed by atoms with Crippen molar-refractivity contribution in [3.8, 4) is 0 Å². The molecule has 0 bridgehead atoms. The van der Waals surface area contributed by atoms with E-state index >= 15 is 0 Å². The molecule has 5 heteroatoms. The lowest BCUT2D eigenvalue weighted by molar-refractivity contribution is -0.130. The summed E-state index contributed by atoms with van der Waals surface area (Å²) in [5.41, 5.74) is 1.55. The summed E-state index contributed by atoms with van der Waals surface area (Å²) in [4.78, 5) is 19.6. The first-order chi connectivity index (χ1) is 13.4. The second-order valence-corrected chi connectivity index (χ2v) is 9.70. The van der Waals surface area contributed by atoms with Crippen molar-refractivity contribution in [3.63, 3.8) is 0 Å². The van der Waals surface area contributed by atoms with E-state index in [9.17, 15) is 4.79 Å². The summed E-state index contributed by atoms with van der Waals surface area (Å²) in [6, 6.07) is 10.9. The fourth-order valence-electron chi connectivity index (χ4n) is 5.69. The van der Waals surface area contributed by atoms with Crippen molar-refractivity contribution in [3.05, 3.63) is 35.9 Å². The van der Waals surface area contributed by atoms with Gasteiger partial charge >= 0.3 is 0 Å². The van der Waals surface area contributed by atoms with Gasteiger partial charge in [-0.25, -0.2) is 0 Å². The Balaban J connectivity index is 1.42. The van der Waals surface area contributed by atoms with E-state index in [1.807, 2.05) is 0 Å². The number of morpholine rings is 1. The van der Waals surface area contributed by atoms with Gasteiger partial charge < -0.3 is 14.5 Å². The Morgan fingerprint density at radius 2 is 1.71 bits per heavy atom. The Hall–Kier alpha value is -1.43. The van der Waals surface area contributed by atoms with E-state index in [0.29, 0.717) is 11.8 Å². The van der Waals surface area contributed by atoms with Gasteiger partial charge in [0.05, 0.1) is 19.3 Å².